The first-order valence-electron chi connectivity index (χ1n) is 7.23. The molecular formula is C15H23N3O. The second-order valence-corrected chi connectivity index (χ2v) is 6.39. The van der Waals surface area contributed by atoms with E-state index in [0.29, 0.717) is 17.5 Å². The van der Waals surface area contributed by atoms with Crippen LogP contribution in [0.4, 0.5) is 11.5 Å². The highest BCUT2D eigenvalue weighted by atomic mass is 16.5. The van der Waals surface area contributed by atoms with Crippen molar-refractivity contribution in [1.82, 2.24) is 4.98 Å². The fourth-order valence-corrected chi connectivity index (χ4v) is 2.72. The minimum atomic E-state index is 0.177. The largest absolute Gasteiger partial charge is 0.476 e. The molecular weight excluding hydrogens is 238 g/mol. The average Bonchev–Trinajstić information content (AvgIpc) is 3.12. The molecule has 2 N–H and O–H groups in total. The van der Waals surface area contributed by atoms with Gasteiger partial charge >= 0.3 is 0 Å². The molecule has 19 heavy (non-hydrogen) atoms. The summed E-state index contributed by atoms with van der Waals surface area (Å²) >= 11 is 0. The smallest absolute Gasteiger partial charge is 0.239 e. The monoisotopic (exact) mass is 261 g/mol. The van der Waals surface area contributed by atoms with E-state index in [-0.39, 0.29) is 5.54 Å². The van der Waals surface area contributed by atoms with E-state index in [0.717, 1.165) is 19.0 Å². The van der Waals surface area contributed by atoms with Gasteiger partial charge < -0.3 is 15.4 Å². The fraction of sp³-hybridized carbons (Fsp3) is 0.667. The number of nitrogens with zero attached hydrogens (tertiary/aromatic N) is 2. The average molecular weight is 261 g/mol. The standard InChI is InChI=1S/C15H23N3O/c1-15(2)8-3-9-18(15)13-7-6-12(16)14(17-13)19-10-11-4-5-11/h6-7,11H,3-5,8-10,16H2,1-2H3. The lowest BCUT2D eigenvalue weighted by atomic mass is 10.0. The summed E-state index contributed by atoms with van der Waals surface area (Å²) in [4.78, 5) is 6.99. The fourth-order valence-electron chi connectivity index (χ4n) is 2.72. The van der Waals surface area contributed by atoms with Gasteiger partial charge in [0.15, 0.2) is 0 Å². The van der Waals surface area contributed by atoms with Crippen molar-refractivity contribution in [2.75, 3.05) is 23.8 Å². The minimum Gasteiger partial charge on any atom is -0.476 e. The van der Waals surface area contributed by atoms with Crippen molar-refractivity contribution in [2.24, 2.45) is 5.92 Å². The van der Waals surface area contributed by atoms with E-state index in [1.807, 2.05) is 12.1 Å². The molecule has 2 aliphatic rings. The Kier molecular flexibility index (Phi) is 3.03. The number of aromatic nitrogens is 1. The summed E-state index contributed by atoms with van der Waals surface area (Å²) in [6.07, 6.45) is 4.98. The van der Waals surface area contributed by atoms with Gasteiger partial charge in [-0.1, -0.05) is 0 Å². The highest BCUT2D eigenvalue weighted by Gasteiger charge is 2.33. The van der Waals surface area contributed by atoms with Crippen molar-refractivity contribution in [3.63, 3.8) is 0 Å². The lowest BCUT2D eigenvalue weighted by Crippen LogP contribution is -2.38. The van der Waals surface area contributed by atoms with Gasteiger partial charge in [-0.05, 0) is 57.6 Å². The number of nitrogens with two attached hydrogens (primary N) is 1. The van der Waals surface area contributed by atoms with Crippen LogP contribution in [0.5, 0.6) is 5.88 Å². The third-order valence-corrected chi connectivity index (χ3v) is 4.21. The number of ether oxygens (including phenoxy) is 1. The number of anilines is 2. The van der Waals surface area contributed by atoms with Crippen LogP contribution in [0.25, 0.3) is 0 Å². The van der Waals surface area contributed by atoms with Crippen LogP contribution in [0.2, 0.25) is 0 Å². The third-order valence-electron chi connectivity index (χ3n) is 4.21. The maximum Gasteiger partial charge on any atom is 0.239 e. The van der Waals surface area contributed by atoms with E-state index in [9.17, 15) is 0 Å². The number of hydrogen-bond donors (Lipinski definition) is 1. The molecule has 1 aromatic heterocycles. The van der Waals surface area contributed by atoms with Crippen molar-refractivity contribution < 1.29 is 4.74 Å². The number of nitrogen functional groups attached to an aromatic ring is 1. The van der Waals surface area contributed by atoms with Gasteiger partial charge in [-0.2, -0.15) is 4.98 Å². The Morgan fingerprint density at radius 3 is 2.84 bits per heavy atom. The molecule has 1 saturated heterocycles. The van der Waals surface area contributed by atoms with Crippen LogP contribution in [-0.4, -0.2) is 23.7 Å². The molecule has 104 valence electrons. The van der Waals surface area contributed by atoms with Gasteiger partial charge in [0.2, 0.25) is 5.88 Å². The Bertz CT molecular complexity index is 468. The van der Waals surface area contributed by atoms with E-state index in [4.69, 9.17) is 10.5 Å². The Morgan fingerprint density at radius 2 is 2.21 bits per heavy atom. The molecule has 0 atom stereocenters. The summed E-state index contributed by atoms with van der Waals surface area (Å²) in [6.45, 7) is 6.35. The highest BCUT2D eigenvalue weighted by molar-refractivity contribution is 5.55. The highest BCUT2D eigenvalue weighted by Crippen LogP contribution is 2.35. The molecule has 0 aromatic carbocycles. The van der Waals surface area contributed by atoms with Crippen molar-refractivity contribution in [2.45, 2.75) is 45.1 Å². The van der Waals surface area contributed by atoms with Crippen LogP contribution in [0.1, 0.15) is 39.5 Å². The summed E-state index contributed by atoms with van der Waals surface area (Å²) in [6, 6.07) is 3.92. The van der Waals surface area contributed by atoms with Crippen molar-refractivity contribution in [3.8, 4) is 5.88 Å². The minimum absolute atomic E-state index is 0.177. The van der Waals surface area contributed by atoms with Crippen LogP contribution >= 0.6 is 0 Å². The molecule has 0 spiro atoms. The molecule has 4 nitrogen and oxygen atoms in total. The lowest BCUT2D eigenvalue weighted by Gasteiger charge is -2.32. The van der Waals surface area contributed by atoms with Crippen LogP contribution in [0.3, 0.4) is 0 Å². The quantitative estimate of drug-likeness (QED) is 0.905. The van der Waals surface area contributed by atoms with E-state index in [1.54, 1.807) is 0 Å². The summed E-state index contributed by atoms with van der Waals surface area (Å²) in [5.74, 6) is 2.31. The van der Waals surface area contributed by atoms with E-state index in [1.165, 1.54) is 25.7 Å². The normalized spacial score (nSPS) is 21.7. The van der Waals surface area contributed by atoms with Crippen molar-refractivity contribution in [3.05, 3.63) is 12.1 Å². The van der Waals surface area contributed by atoms with E-state index >= 15 is 0 Å². The maximum atomic E-state index is 5.96. The molecule has 3 rings (SSSR count). The molecule has 0 unspecified atom stereocenters. The SMILES string of the molecule is CC1(C)CCCN1c1ccc(N)c(OCC2CC2)n1. The Hall–Kier alpha value is -1.45. The summed E-state index contributed by atoms with van der Waals surface area (Å²) in [7, 11) is 0. The third kappa shape index (κ3) is 2.62. The Morgan fingerprint density at radius 1 is 1.42 bits per heavy atom. The van der Waals surface area contributed by atoms with Gasteiger partial charge in [0.25, 0.3) is 0 Å². The topological polar surface area (TPSA) is 51.4 Å². The van der Waals surface area contributed by atoms with Crippen LogP contribution in [0.15, 0.2) is 12.1 Å². The van der Waals surface area contributed by atoms with Gasteiger partial charge in [-0.25, -0.2) is 0 Å². The molecule has 0 bridgehead atoms. The van der Waals surface area contributed by atoms with Gasteiger partial charge in [-0.15, -0.1) is 0 Å². The molecule has 2 fully saturated rings. The zero-order chi connectivity index (χ0) is 13.5. The van der Waals surface area contributed by atoms with Crippen molar-refractivity contribution >= 4 is 11.5 Å². The van der Waals surface area contributed by atoms with E-state index < -0.39 is 0 Å². The zero-order valence-corrected chi connectivity index (χ0v) is 11.9. The van der Waals surface area contributed by atoms with Crippen LogP contribution in [0, 0.1) is 5.92 Å². The number of rotatable bonds is 4. The first kappa shape index (κ1) is 12.6. The molecule has 1 aliphatic heterocycles. The predicted molar refractivity (Wildman–Crippen MR) is 77.5 cm³/mol. The second-order valence-electron chi connectivity index (χ2n) is 6.39. The predicted octanol–water partition coefficient (Wildman–Crippen LogP) is 2.83. The molecule has 4 heteroatoms. The van der Waals surface area contributed by atoms with Gasteiger partial charge in [0.05, 0.1) is 12.3 Å². The molecule has 0 radical (unpaired) electrons. The Labute approximate surface area is 115 Å². The van der Waals surface area contributed by atoms with Crippen molar-refractivity contribution in [1.29, 1.82) is 0 Å². The maximum absolute atomic E-state index is 5.96. The van der Waals surface area contributed by atoms with Crippen LogP contribution in [-0.2, 0) is 0 Å². The Balaban J connectivity index is 1.79. The van der Waals surface area contributed by atoms with Gasteiger partial charge in [0.1, 0.15) is 5.82 Å². The summed E-state index contributed by atoms with van der Waals surface area (Å²) < 4.78 is 5.77. The van der Waals surface area contributed by atoms with E-state index in [2.05, 4.69) is 23.7 Å². The number of hydrogen-bond acceptors (Lipinski definition) is 4. The first-order chi connectivity index (χ1) is 9.06. The van der Waals surface area contributed by atoms with Gasteiger partial charge in [-0.3, -0.25) is 0 Å². The summed E-state index contributed by atoms with van der Waals surface area (Å²) in [5.41, 5.74) is 6.77. The first-order valence-corrected chi connectivity index (χ1v) is 7.23. The van der Waals surface area contributed by atoms with Crippen LogP contribution < -0.4 is 15.4 Å². The lowest BCUT2D eigenvalue weighted by molar-refractivity contribution is 0.290. The zero-order valence-electron chi connectivity index (χ0n) is 11.9. The van der Waals surface area contributed by atoms with Gasteiger partial charge in [0, 0.05) is 12.1 Å². The summed E-state index contributed by atoms with van der Waals surface area (Å²) in [5, 5.41) is 0. The molecule has 1 aromatic rings. The molecule has 1 aliphatic carbocycles. The second kappa shape index (κ2) is 4.58. The molecule has 2 heterocycles. The molecule has 0 amide bonds. The molecule has 1 saturated carbocycles. The number of pyridine rings is 1.